The van der Waals surface area contributed by atoms with E-state index in [4.69, 9.17) is 5.84 Å². The predicted molar refractivity (Wildman–Crippen MR) is 75.9 cm³/mol. The zero-order chi connectivity index (χ0) is 13.8. The summed E-state index contributed by atoms with van der Waals surface area (Å²) in [6, 6.07) is 9.13. The highest BCUT2D eigenvalue weighted by atomic mass is 16.1. The number of benzene rings is 1. The molecule has 0 atom stereocenters. The molecule has 98 valence electrons. The van der Waals surface area contributed by atoms with Gasteiger partial charge < -0.3 is 10.7 Å². The molecule has 5 heteroatoms. The van der Waals surface area contributed by atoms with Gasteiger partial charge in [-0.25, -0.2) is 0 Å². The van der Waals surface area contributed by atoms with E-state index >= 15 is 0 Å². The molecule has 0 spiro atoms. The van der Waals surface area contributed by atoms with Crippen LogP contribution in [0.4, 0.5) is 11.4 Å². The van der Waals surface area contributed by atoms with E-state index in [0.717, 1.165) is 16.8 Å². The molecule has 5 nitrogen and oxygen atoms in total. The zero-order valence-electron chi connectivity index (χ0n) is 10.9. The first kappa shape index (κ1) is 13.0. The maximum atomic E-state index is 12.1. The number of hydrazine groups is 1. The van der Waals surface area contributed by atoms with Gasteiger partial charge >= 0.3 is 0 Å². The number of anilines is 2. The minimum Gasteiger partial charge on any atom is -0.324 e. The number of aromatic nitrogens is 1. The fraction of sp³-hybridized carbons (Fsp3) is 0.143. The van der Waals surface area contributed by atoms with Crippen molar-refractivity contribution in [3.05, 3.63) is 53.3 Å². The molecule has 1 heterocycles. The van der Waals surface area contributed by atoms with Gasteiger partial charge in [0, 0.05) is 11.9 Å². The molecule has 2 aromatic rings. The molecule has 0 saturated carbocycles. The second kappa shape index (κ2) is 5.49. The maximum Gasteiger partial charge on any atom is 0.274 e. The van der Waals surface area contributed by atoms with Gasteiger partial charge in [0.05, 0.1) is 5.69 Å². The summed E-state index contributed by atoms with van der Waals surface area (Å²) in [5.41, 5.74) is 6.39. The molecule has 1 amide bonds. The van der Waals surface area contributed by atoms with E-state index < -0.39 is 0 Å². The van der Waals surface area contributed by atoms with Crippen molar-refractivity contribution < 1.29 is 4.79 Å². The van der Waals surface area contributed by atoms with E-state index in [1.807, 2.05) is 32.0 Å². The summed E-state index contributed by atoms with van der Waals surface area (Å²) in [4.78, 5) is 16.1. The van der Waals surface area contributed by atoms with Crippen molar-refractivity contribution in [3.8, 4) is 0 Å². The Bertz CT molecular complexity index is 610. The molecule has 4 N–H and O–H groups in total. The molecular weight excluding hydrogens is 240 g/mol. The van der Waals surface area contributed by atoms with E-state index in [0.29, 0.717) is 11.4 Å². The lowest BCUT2D eigenvalue weighted by Gasteiger charge is -2.09. The molecule has 2 rings (SSSR count). The summed E-state index contributed by atoms with van der Waals surface area (Å²) in [5.74, 6) is 5.04. The van der Waals surface area contributed by atoms with Gasteiger partial charge in [0.15, 0.2) is 0 Å². The summed E-state index contributed by atoms with van der Waals surface area (Å²) < 4.78 is 0. The Morgan fingerprint density at radius 3 is 2.68 bits per heavy atom. The first-order valence-electron chi connectivity index (χ1n) is 5.91. The van der Waals surface area contributed by atoms with Gasteiger partial charge in [-0.05, 0) is 37.6 Å². The van der Waals surface area contributed by atoms with Gasteiger partial charge in [-0.3, -0.25) is 15.6 Å². The summed E-state index contributed by atoms with van der Waals surface area (Å²) in [7, 11) is 0. The highest BCUT2D eigenvalue weighted by Crippen LogP contribution is 2.17. The van der Waals surface area contributed by atoms with Crippen LogP contribution in [0, 0.1) is 13.8 Å². The molecule has 0 radical (unpaired) electrons. The number of nitrogens with zero attached hydrogens (tertiary/aromatic N) is 1. The molecule has 1 aromatic carbocycles. The number of pyridine rings is 1. The van der Waals surface area contributed by atoms with Crippen molar-refractivity contribution in [1.82, 2.24) is 4.98 Å². The Balaban J connectivity index is 2.20. The van der Waals surface area contributed by atoms with Crippen molar-refractivity contribution in [2.24, 2.45) is 5.84 Å². The van der Waals surface area contributed by atoms with Crippen molar-refractivity contribution in [1.29, 1.82) is 0 Å². The minimum atomic E-state index is -0.260. The molecular formula is C14H16N4O. The first-order valence-corrected chi connectivity index (χ1v) is 5.91. The molecule has 0 unspecified atom stereocenters. The van der Waals surface area contributed by atoms with E-state index in [1.54, 1.807) is 12.1 Å². The van der Waals surface area contributed by atoms with Gasteiger partial charge in [-0.15, -0.1) is 0 Å². The largest absolute Gasteiger partial charge is 0.324 e. The number of carbonyl (C=O) groups excluding carboxylic acids is 1. The van der Waals surface area contributed by atoms with Crippen LogP contribution in [0.1, 0.15) is 21.6 Å². The molecule has 19 heavy (non-hydrogen) atoms. The summed E-state index contributed by atoms with van der Waals surface area (Å²) in [6.07, 6.45) is 1.53. The Morgan fingerprint density at radius 2 is 2.00 bits per heavy atom. The van der Waals surface area contributed by atoms with Crippen molar-refractivity contribution in [2.75, 3.05) is 10.7 Å². The Labute approximate surface area is 111 Å². The van der Waals surface area contributed by atoms with Crippen LogP contribution in [-0.2, 0) is 0 Å². The van der Waals surface area contributed by atoms with Crippen LogP contribution < -0.4 is 16.6 Å². The Kier molecular flexibility index (Phi) is 3.77. The van der Waals surface area contributed by atoms with Crippen LogP contribution in [0.2, 0.25) is 0 Å². The molecule has 1 aromatic heterocycles. The molecule has 0 aliphatic carbocycles. The van der Waals surface area contributed by atoms with Crippen LogP contribution in [-0.4, -0.2) is 10.9 Å². The number of carbonyl (C=O) groups is 1. The Morgan fingerprint density at radius 1 is 1.21 bits per heavy atom. The summed E-state index contributed by atoms with van der Waals surface area (Å²) in [5, 5.41) is 2.83. The van der Waals surface area contributed by atoms with E-state index in [1.165, 1.54) is 6.20 Å². The SMILES string of the molecule is Cc1ccc(NC(=O)c2cc(NN)ccn2)c(C)c1. The fourth-order valence-electron chi connectivity index (χ4n) is 1.78. The fourth-order valence-corrected chi connectivity index (χ4v) is 1.78. The quantitative estimate of drug-likeness (QED) is 0.581. The number of hydrogen-bond donors (Lipinski definition) is 3. The lowest BCUT2D eigenvalue weighted by molar-refractivity contribution is 0.102. The number of nitrogen functional groups attached to an aromatic ring is 1. The maximum absolute atomic E-state index is 12.1. The monoisotopic (exact) mass is 256 g/mol. The normalized spacial score (nSPS) is 10.1. The van der Waals surface area contributed by atoms with E-state index in [9.17, 15) is 4.79 Å². The number of rotatable bonds is 3. The molecule has 0 bridgehead atoms. The third-order valence-electron chi connectivity index (χ3n) is 2.79. The van der Waals surface area contributed by atoms with Crippen LogP contribution >= 0.6 is 0 Å². The van der Waals surface area contributed by atoms with Gasteiger partial charge in [0.1, 0.15) is 5.69 Å². The van der Waals surface area contributed by atoms with Gasteiger partial charge in [-0.2, -0.15) is 0 Å². The second-order valence-electron chi connectivity index (χ2n) is 4.35. The standard InChI is InChI=1S/C14H16N4O/c1-9-3-4-12(10(2)7-9)17-14(19)13-8-11(18-15)5-6-16-13/h3-8H,15H2,1-2H3,(H,16,18)(H,17,19). The lowest BCUT2D eigenvalue weighted by atomic mass is 10.1. The minimum absolute atomic E-state index is 0.260. The van der Waals surface area contributed by atoms with Crippen molar-refractivity contribution in [3.63, 3.8) is 0 Å². The van der Waals surface area contributed by atoms with Gasteiger partial charge in [0.2, 0.25) is 0 Å². The van der Waals surface area contributed by atoms with Gasteiger partial charge in [-0.1, -0.05) is 17.7 Å². The number of nitrogens with two attached hydrogens (primary N) is 1. The van der Waals surface area contributed by atoms with Crippen LogP contribution in [0.15, 0.2) is 36.5 Å². The lowest BCUT2D eigenvalue weighted by Crippen LogP contribution is -2.15. The van der Waals surface area contributed by atoms with Crippen LogP contribution in [0.5, 0.6) is 0 Å². The zero-order valence-corrected chi connectivity index (χ0v) is 10.9. The van der Waals surface area contributed by atoms with Crippen LogP contribution in [0.3, 0.4) is 0 Å². The Hall–Kier alpha value is -2.40. The molecule has 0 fully saturated rings. The summed E-state index contributed by atoms with van der Waals surface area (Å²) >= 11 is 0. The van der Waals surface area contributed by atoms with Crippen molar-refractivity contribution >= 4 is 17.3 Å². The molecule has 0 aliphatic heterocycles. The van der Waals surface area contributed by atoms with Crippen molar-refractivity contribution in [2.45, 2.75) is 13.8 Å². The second-order valence-corrected chi connectivity index (χ2v) is 4.35. The van der Waals surface area contributed by atoms with E-state index in [-0.39, 0.29) is 5.91 Å². The first-order chi connectivity index (χ1) is 9.10. The van der Waals surface area contributed by atoms with Gasteiger partial charge in [0.25, 0.3) is 5.91 Å². The average Bonchev–Trinajstić information content (AvgIpc) is 2.42. The highest BCUT2D eigenvalue weighted by molar-refractivity contribution is 6.03. The number of amides is 1. The van der Waals surface area contributed by atoms with E-state index in [2.05, 4.69) is 15.7 Å². The number of nitrogens with one attached hydrogen (secondary N) is 2. The molecule has 0 saturated heterocycles. The topological polar surface area (TPSA) is 80.0 Å². The third kappa shape index (κ3) is 3.08. The summed E-state index contributed by atoms with van der Waals surface area (Å²) in [6.45, 7) is 3.96. The molecule has 0 aliphatic rings. The third-order valence-corrected chi connectivity index (χ3v) is 2.79. The predicted octanol–water partition coefficient (Wildman–Crippen LogP) is 2.24. The number of aryl methyl sites for hydroxylation is 2. The number of hydrogen-bond acceptors (Lipinski definition) is 4. The average molecular weight is 256 g/mol. The smallest absolute Gasteiger partial charge is 0.274 e. The van der Waals surface area contributed by atoms with Crippen LogP contribution in [0.25, 0.3) is 0 Å². The highest BCUT2D eigenvalue weighted by Gasteiger charge is 2.09.